The van der Waals surface area contributed by atoms with E-state index >= 15 is 0 Å². The van der Waals surface area contributed by atoms with Gasteiger partial charge < -0.3 is 11.1 Å². The molecule has 3 N–H and O–H groups in total. The van der Waals surface area contributed by atoms with Crippen LogP contribution < -0.4 is 11.1 Å². The normalized spacial score (nSPS) is 17.9. The molecule has 1 saturated carbocycles. The lowest BCUT2D eigenvalue weighted by atomic mass is 9.84. The summed E-state index contributed by atoms with van der Waals surface area (Å²) in [6, 6.07) is 3.47. The first-order valence-corrected chi connectivity index (χ1v) is 6.96. The predicted molar refractivity (Wildman–Crippen MR) is 72.2 cm³/mol. The second-order valence-electron chi connectivity index (χ2n) is 4.20. The fourth-order valence-electron chi connectivity index (χ4n) is 1.88. The average Bonchev–Trinajstić information content (AvgIpc) is 2.15. The Balaban J connectivity index is 1.98. The minimum absolute atomic E-state index is 0.388. The number of thioether (sulfide) groups is 1. The van der Waals surface area contributed by atoms with E-state index in [0.717, 1.165) is 12.4 Å². The van der Waals surface area contributed by atoms with Crippen molar-refractivity contribution in [1.29, 1.82) is 0 Å². The minimum Gasteiger partial charge on any atom is -0.399 e. The molecule has 0 unspecified atom stereocenters. The zero-order chi connectivity index (χ0) is 11.6. The van der Waals surface area contributed by atoms with Crippen LogP contribution in [0.5, 0.6) is 0 Å². The molecule has 0 amide bonds. The van der Waals surface area contributed by atoms with Crippen LogP contribution in [-0.4, -0.2) is 22.5 Å². The van der Waals surface area contributed by atoms with Gasteiger partial charge in [0.25, 0.3) is 0 Å². The van der Waals surface area contributed by atoms with E-state index in [9.17, 15) is 0 Å². The summed E-state index contributed by atoms with van der Waals surface area (Å²) in [6.07, 6.45) is 6.04. The van der Waals surface area contributed by atoms with Gasteiger partial charge in [0.05, 0.1) is 0 Å². The largest absolute Gasteiger partial charge is 0.399 e. The number of nitrogen functional groups attached to an aromatic ring is 1. The van der Waals surface area contributed by atoms with Crippen molar-refractivity contribution in [2.45, 2.75) is 24.0 Å². The number of anilines is 2. The van der Waals surface area contributed by atoms with E-state index in [0.29, 0.717) is 15.6 Å². The van der Waals surface area contributed by atoms with Crippen LogP contribution in [0.15, 0.2) is 12.1 Å². The summed E-state index contributed by atoms with van der Waals surface area (Å²) < 4.78 is 0.388. The van der Waals surface area contributed by atoms with E-state index in [-0.39, 0.29) is 0 Å². The van der Waals surface area contributed by atoms with E-state index in [1.54, 1.807) is 6.07 Å². The quantitative estimate of drug-likeness (QED) is 0.815. The van der Waals surface area contributed by atoms with Gasteiger partial charge >= 0.3 is 0 Å². The molecular formula is C11H16ClN3S. The zero-order valence-electron chi connectivity index (χ0n) is 9.29. The molecule has 1 heterocycles. The monoisotopic (exact) mass is 257 g/mol. The molecule has 1 aliphatic carbocycles. The second kappa shape index (κ2) is 4.72. The number of pyridine rings is 1. The minimum atomic E-state index is 0.388. The van der Waals surface area contributed by atoms with Crippen molar-refractivity contribution < 1.29 is 0 Å². The summed E-state index contributed by atoms with van der Waals surface area (Å²) in [7, 11) is 0. The number of halogens is 1. The number of nitrogens with two attached hydrogens (primary N) is 1. The average molecular weight is 258 g/mol. The van der Waals surface area contributed by atoms with Gasteiger partial charge in [-0.3, -0.25) is 0 Å². The molecule has 88 valence electrons. The van der Waals surface area contributed by atoms with E-state index in [2.05, 4.69) is 16.6 Å². The summed E-state index contributed by atoms with van der Waals surface area (Å²) in [4.78, 5) is 4.19. The summed E-state index contributed by atoms with van der Waals surface area (Å²) in [5.41, 5.74) is 6.36. The Kier molecular flexibility index (Phi) is 3.50. The van der Waals surface area contributed by atoms with Crippen molar-refractivity contribution in [3.63, 3.8) is 0 Å². The van der Waals surface area contributed by atoms with Crippen LogP contribution in [0.25, 0.3) is 0 Å². The van der Waals surface area contributed by atoms with Gasteiger partial charge in [0.15, 0.2) is 0 Å². The number of hydrogen-bond donors (Lipinski definition) is 2. The van der Waals surface area contributed by atoms with Gasteiger partial charge in [-0.2, -0.15) is 11.8 Å². The highest BCUT2D eigenvalue weighted by atomic mass is 35.5. The number of nitrogens with zero attached hydrogens (tertiary/aromatic N) is 1. The standard InChI is InChI=1S/C11H16ClN3S/c1-16-11(3-2-4-11)7-14-10-6-8(13)5-9(12)15-10/h5-6H,2-4,7H2,1H3,(H3,13,14,15). The topological polar surface area (TPSA) is 50.9 Å². The molecule has 1 aromatic heterocycles. The van der Waals surface area contributed by atoms with Gasteiger partial charge in [-0.05, 0) is 25.2 Å². The highest BCUT2D eigenvalue weighted by molar-refractivity contribution is 8.00. The Morgan fingerprint density at radius 2 is 2.31 bits per heavy atom. The van der Waals surface area contributed by atoms with Crippen LogP contribution >= 0.6 is 23.4 Å². The Bertz CT molecular complexity index is 354. The maximum absolute atomic E-state index is 5.85. The van der Waals surface area contributed by atoms with Crippen molar-refractivity contribution in [2.24, 2.45) is 0 Å². The van der Waals surface area contributed by atoms with Crippen molar-refractivity contribution >= 4 is 34.9 Å². The molecular weight excluding hydrogens is 242 g/mol. The lowest BCUT2D eigenvalue weighted by Crippen LogP contribution is -2.40. The predicted octanol–water partition coefficient (Wildman–Crippen LogP) is 3.01. The lowest BCUT2D eigenvalue weighted by Gasteiger charge is -2.40. The number of hydrogen-bond acceptors (Lipinski definition) is 4. The zero-order valence-corrected chi connectivity index (χ0v) is 10.9. The van der Waals surface area contributed by atoms with Gasteiger partial charge in [0.2, 0.25) is 0 Å². The molecule has 0 aliphatic heterocycles. The highest BCUT2D eigenvalue weighted by Gasteiger charge is 2.35. The Morgan fingerprint density at radius 3 is 2.81 bits per heavy atom. The molecule has 2 rings (SSSR count). The molecule has 0 bridgehead atoms. The first-order valence-electron chi connectivity index (χ1n) is 5.36. The van der Waals surface area contributed by atoms with Crippen LogP contribution in [0, 0.1) is 0 Å². The van der Waals surface area contributed by atoms with Crippen LogP contribution in [0.1, 0.15) is 19.3 Å². The molecule has 0 aromatic carbocycles. The SMILES string of the molecule is CSC1(CNc2cc(N)cc(Cl)n2)CCC1. The summed E-state index contributed by atoms with van der Waals surface area (Å²) in [6.45, 7) is 0.931. The molecule has 0 atom stereocenters. The van der Waals surface area contributed by atoms with E-state index in [1.165, 1.54) is 19.3 Å². The van der Waals surface area contributed by atoms with Crippen LogP contribution in [-0.2, 0) is 0 Å². The van der Waals surface area contributed by atoms with Gasteiger partial charge in [0.1, 0.15) is 11.0 Å². The molecule has 1 aliphatic rings. The van der Waals surface area contributed by atoms with Crippen molar-refractivity contribution in [2.75, 3.05) is 23.9 Å². The third-order valence-electron chi connectivity index (χ3n) is 3.11. The highest BCUT2D eigenvalue weighted by Crippen LogP contribution is 2.42. The van der Waals surface area contributed by atoms with E-state index in [1.807, 2.05) is 17.8 Å². The fraction of sp³-hybridized carbons (Fsp3) is 0.545. The van der Waals surface area contributed by atoms with Crippen LogP contribution in [0.3, 0.4) is 0 Å². The van der Waals surface area contributed by atoms with Crippen LogP contribution in [0.4, 0.5) is 11.5 Å². The van der Waals surface area contributed by atoms with Crippen molar-refractivity contribution in [3.05, 3.63) is 17.3 Å². The summed E-state index contributed by atoms with van der Waals surface area (Å²) in [5, 5.41) is 3.76. The number of rotatable bonds is 4. The maximum Gasteiger partial charge on any atom is 0.133 e. The maximum atomic E-state index is 5.85. The second-order valence-corrected chi connectivity index (χ2v) is 5.86. The Hall–Kier alpha value is -0.610. The lowest BCUT2D eigenvalue weighted by molar-refractivity contribution is 0.379. The van der Waals surface area contributed by atoms with Crippen molar-refractivity contribution in [3.8, 4) is 0 Å². The van der Waals surface area contributed by atoms with Gasteiger partial charge in [-0.15, -0.1) is 0 Å². The fourth-order valence-corrected chi connectivity index (χ4v) is 3.01. The number of nitrogens with one attached hydrogen (secondary N) is 1. The molecule has 0 spiro atoms. The first kappa shape index (κ1) is 11.9. The molecule has 0 saturated heterocycles. The Morgan fingerprint density at radius 1 is 1.56 bits per heavy atom. The van der Waals surface area contributed by atoms with E-state index < -0.39 is 0 Å². The first-order chi connectivity index (χ1) is 7.63. The molecule has 1 aromatic rings. The smallest absolute Gasteiger partial charge is 0.133 e. The van der Waals surface area contributed by atoms with Crippen LogP contribution in [0.2, 0.25) is 5.15 Å². The van der Waals surface area contributed by atoms with E-state index in [4.69, 9.17) is 17.3 Å². The summed E-state index contributed by atoms with van der Waals surface area (Å²) >= 11 is 7.78. The number of aromatic nitrogens is 1. The molecule has 3 nitrogen and oxygen atoms in total. The summed E-state index contributed by atoms with van der Waals surface area (Å²) in [5.74, 6) is 0.769. The third kappa shape index (κ3) is 2.55. The molecule has 16 heavy (non-hydrogen) atoms. The Labute approximate surface area is 105 Å². The molecule has 0 radical (unpaired) electrons. The van der Waals surface area contributed by atoms with Gasteiger partial charge in [-0.25, -0.2) is 4.98 Å². The van der Waals surface area contributed by atoms with Crippen molar-refractivity contribution in [1.82, 2.24) is 4.98 Å². The van der Waals surface area contributed by atoms with Gasteiger partial charge in [-0.1, -0.05) is 18.0 Å². The molecule has 5 heteroatoms. The molecule has 1 fully saturated rings. The third-order valence-corrected chi connectivity index (χ3v) is 4.72. The van der Waals surface area contributed by atoms with Gasteiger partial charge in [0, 0.05) is 23.0 Å².